The number of carboxylic acid groups (broad SMARTS) is 1. The third-order valence-corrected chi connectivity index (χ3v) is 3.11. The number of hydrogen-bond donors (Lipinski definition) is 3. The lowest BCUT2D eigenvalue weighted by atomic mass is 10.1. The molecule has 2 amide bonds. The van der Waals surface area contributed by atoms with Gasteiger partial charge in [-0.05, 0) is 17.0 Å². The number of carboxylic acids is 1. The maximum absolute atomic E-state index is 11.8. The summed E-state index contributed by atoms with van der Waals surface area (Å²) in [7, 11) is 1.58. The number of nitrogens with one attached hydrogen (secondary N) is 2. The Balaban J connectivity index is 1.93. The predicted octanol–water partition coefficient (Wildman–Crippen LogP) is 1.78. The molecule has 0 spiro atoms. The van der Waals surface area contributed by atoms with Gasteiger partial charge in [0.05, 0.1) is 11.9 Å². The van der Waals surface area contributed by atoms with E-state index in [1.54, 1.807) is 7.05 Å². The molecule has 1 aromatic heterocycles. The molecule has 20 heavy (non-hydrogen) atoms. The molecule has 0 unspecified atom stereocenters. The molecule has 3 N–H and O–H groups in total. The molecule has 6 heteroatoms. The van der Waals surface area contributed by atoms with Gasteiger partial charge in [0, 0.05) is 26.3 Å². The standard InChI is InChI=1S/C14H17N3O3/c1-17(8-6-12(18)19)14(20)16-9-11-4-2-3-10-5-7-15-13(10)11/h2-5,7,15H,6,8-9H2,1H3,(H,16,20)(H,18,19). The Labute approximate surface area is 116 Å². The fourth-order valence-corrected chi connectivity index (χ4v) is 1.97. The molecular formula is C14H17N3O3. The molecule has 0 aliphatic heterocycles. The first-order valence-corrected chi connectivity index (χ1v) is 6.33. The second-order valence-electron chi connectivity index (χ2n) is 4.58. The Morgan fingerprint density at radius 1 is 1.35 bits per heavy atom. The van der Waals surface area contributed by atoms with Gasteiger partial charge in [0.2, 0.25) is 0 Å². The SMILES string of the molecule is CN(CCC(=O)O)C(=O)NCc1cccc2cc[nH]c12. The minimum absolute atomic E-state index is 0.0594. The van der Waals surface area contributed by atoms with E-state index >= 15 is 0 Å². The number of H-pyrrole nitrogens is 1. The number of hydrogen-bond acceptors (Lipinski definition) is 2. The minimum Gasteiger partial charge on any atom is -0.481 e. The number of urea groups is 1. The molecule has 1 heterocycles. The van der Waals surface area contributed by atoms with Crippen molar-refractivity contribution in [1.29, 1.82) is 0 Å². The number of rotatable bonds is 5. The van der Waals surface area contributed by atoms with Gasteiger partial charge in [-0.1, -0.05) is 18.2 Å². The third-order valence-electron chi connectivity index (χ3n) is 3.11. The molecule has 0 saturated carbocycles. The van der Waals surface area contributed by atoms with E-state index in [9.17, 15) is 9.59 Å². The van der Waals surface area contributed by atoms with Crippen molar-refractivity contribution in [3.05, 3.63) is 36.0 Å². The van der Waals surface area contributed by atoms with Gasteiger partial charge >= 0.3 is 12.0 Å². The van der Waals surface area contributed by atoms with Crippen LogP contribution in [0, 0.1) is 0 Å². The molecule has 0 atom stereocenters. The average Bonchev–Trinajstić information content (AvgIpc) is 2.90. The molecule has 0 fully saturated rings. The molecule has 0 saturated heterocycles. The monoisotopic (exact) mass is 275 g/mol. The van der Waals surface area contributed by atoms with Crippen molar-refractivity contribution < 1.29 is 14.7 Å². The van der Waals surface area contributed by atoms with Crippen molar-refractivity contribution in [2.24, 2.45) is 0 Å². The summed E-state index contributed by atoms with van der Waals surface area (Å²) >= 11 is 0. The summed E-state index contributed by atoms with van der Waals surface area (Å²) in [5, 5.41) is 12.5. The Morgan fingerprint density at radius 3 is 2.90 bits per heavy atom. The number of aromatic amines is 1. The lowest BCUT2D eigenvalue weighted by Crippen LogP contribution is -2.38. The summed E-state index contributed by atoms with van der Waals surface area (Å²) in [6.07, 6.45) is 1.80. The minimum atomic E-state index is -0.916. The van der Waals surface area contributed by atoms with Gasteiger partial charge in [0.1, 0.15) is 0 Å². The lowest BCUT2D eigenvalue weighted by Gasteiger charge is -2.17. The number of benzene rings is 1. The van der Waals surface area contributed by atoms with Crippen LogP contribution in [0.3, 0.4) is 0 Å². The Hall–Kier alpha value is -2.50. The van der Waals surface area contributed by atoms with Crippen LogP contribution in [0.2, 0.25) is 0 Å². The van der Waals surface area contributed by atoms with E-state index in [2.05, 4.69) is 10.3 Å². The summed E-state index contributed by atoms with van der Waals surface area (Å²) in [4.78, 5) is 26.8. The van der Waals surface area contributed by atoms with Crippen LogP contribution in [0.15, 0.2) is 30.5 Å². The molecule has 6 nitrogen and oxygen atoms in total. The first kappa shape index (κ1) is 13.9. The van der Waals surface area contributed by atoms with E-state index in [0.717, 1.165) is 16.5 Å². The number of aromatic nitrogens is 1. The number of para-hydroxylation sites is 1. The molecule has 2 aromatic rings. The van der Waals surface area contributed by atoms with Crippen LogP contribution in [0.1, 0.15) is 12.0 Å². The molecule has 106 valence electrons. The maximum Gasteiger partial charge on any atom is 0.317 e. The number of aliphatic carboxylic acids is 1. The molecule has 2 rings (SSSR count). The van der Waals surface area contributed by atoms with Gasteiger partial charge in [0.15, 0.2) is 0 Å². The fourth-order valence-electron chi connectivity index (χ4n) is 1.97. The number of carbonyl (C=O) groups excluding carboxylic acids is 1. The Morgan fingerprint density at radius 2 is 2.15 bits per heavy atom. The molecule has 0 aliphatic rings. The summed E-state index contributed by atoms with van der Waals surface area (Å²) in [5.74, 6) is -0.916. The van der Waals surface area contributed by atoms with Crippen molar-refractivity contribution in [1.82, 2.24) is 15.2 Å². The van der Waals surface area contributed by atoms with E-state index < -0.39 is 5.97 Å². The summed E-state index contributed by atoms with van der Waals surface area (Å²) in [5.41, 5.74) is 1.99. The lowest BCUT2D eigenvalue weighted by molar-refractivity contribution is -0.137. The van der Waals surface area contributed by atoms with E-state index in [0.29, 0.717) is 6.54 Å². The van der Waals surface area contributed by atoms with Crippen molar-refractivity contribution in [3.63, 3.8) is 0 Å². The number of amides is 2. The fraction of sp³-hybridized carbons (Fsp3) is 0.286. The summed E-state index contributed by atoms with van der Waals surface area (Å²) in [6.45, 7) is 0.585. The van der Waals surface area contributed by atoms with Gasteiger partial charge in [-0.3, -0.25) is 4.79 Å². The zero-order valence-electron chi connectivity index (χ0n) is 11.2. The summed E-state index contributed by atoms with van der Waals surface area (Å²) in [6, 6.07) is 7.56. The second kappa shape index (κ2) is 6.10. The quantitative estimate of drug-likeness (QED) is 0.777. The van der Waals surface area contributed by atoms with E-state index in [4.69, 9.17) is 5.11 Å². The molecular weight excluding hydrogens is 258 g/mol. The molecule has 0 radical (unpaired) electrons. The highest BCUT2D eigenvalue weighted by Crippen LogP contribution is 2.16. The van der Waals surface area contributed by atoms with E-state index in [1.807, 2.05) is 30.5 Å². The van der Waals surface area contributed by atoms with Gasteiger partial charge in [-0.25, -0.2) is 4.79 Å². The number of carbonyl (C=O) groups is 2. The largest absolute Gasteiger partial charge is 0.481 e. The predicted molar refractivity (Wildman–Crippen MR) is 75.4 cm³/mol. The molecule has 0 aliphatic carbocycles. The average molecular weight is 275 g/mol. The Bertz CT molecular complexity index is 621. The summed E-state index contributed by atoms with van der Waals surface area (Å²) < 4.78 is 0. The van der Waals surface area contributed by atoms with Crippen LogP contribution in [0.25, 0.3) is 10.9 Å². The highest BCUT2D eigenvalue weighted by Gasteiger charge is 2.10. The van der Waals surface area contributed by atoms with Gasteiger partial charge in [-0.15, -0.1) is 0 Å². The highest BCUT2D eigenvalue weighted by molar-refractivity contribution is 5.83. The molecule has 0 bridgehead atoms. The first-order valence-electron chi connectivity index (χ1n) is 6.33. The number of nitrogens with zero attached hydrogens (tertiary/aromatic N) is 1. The normalized spacial score (nSPS) is 10.4. The van der Waals surface area contributed by atoms with Crippen LogP contribution in [0.5, 0.6) is 0 Å². The Kier molecular flexibility index (Phi) is 4.24. The van der Waals surface area contributed by atoms with Crippen LogP contribution >= 0.6 is 0 Å². The second-order valence-corrected chi connectivity index (χ2v) is 4.58. The maximum atomic E-state index is 11.8. The van der Waals surface area contributed by atoms with Crippen molar-refractivity contribution >= 4 is 22.9 Å². The van der Waals surface area contributed by atoms with Crippen LogP contribution in [0.4, 0.5) is 4.79 Å². The highest BCUT2D eigenvalue weighted by atomic mass is 16.4. The van der Waals surface area contributed by atoms with Gasteiger partial charge in [-0.2, -0.15) is 0 Å². The topological polar surface area (TPSA) is 85.4 Å². The zero-order valence-corrected chi connectivity index (χ0v) is 11.2. The van der Waals surface area contributed by atoms with Crippen LogP contribution in [-0.2, 0) is 11.3 Å². The first-order chi connectivity index (χ1) is 9.58. The number of fused-ring (bicyclic) bond motifs is 1. The van der Waals surface area contributed by atoms with E-state index in [-0.39, 0.29) is 19.0 Å². The van der Waals surface area contributed by atoms with Crippen molar-refractivity contribution in [2.45, 2.75) is 13.0 Å². The van der Waals surface area contributed by atoms with Crippen molar-refractivity contribution in [2.75, 3.05) is 13.6 Å². The van der Waals surface area contributed by atoms with Crippen LogP contribution < -0.4 is 5.32 Å². The van der Waals surface area contributed by atoms with Gasteiger partial charge in [0.25, 0.3) is 0 Å². The van der Waals surface area contributed by atoms with Crippen molar-refractivity contribution in [3.8, 4) is 0 Å². The third kappa shape index (κ3) is 3.28. The van der Waals surface area contributed by atoms with Gasteiger partial charge < -0.3 is 20.3 Å². The zero-order chi connectivity index (χ0) is 14.5. The van der Waals surface area contributed by atoms with Crippen LogP contribution in [-0.4, -0.2) is 40.6 Å². The van der Waals surface area contributed by atoms with E-state index in [1.165, 1.54) is 4.90 Å². The molecule has 1 aromatic carbocycles. The smallest absolute Gasteiger partial charge is 0.317 e.